The third-order valence-corrected chi connectivity index (χ3v) is 7.62. The molecule has 2 aliphatic heterocycles. The van der Waals surface area contributed by atoms with Crippen LogP contribution in [0.4, 0.5) is 17.1 Å². The number of hydrogen-bond donors (Lipinski definition) is 2. The van der Waals surface area contributed by atoms with Gasteiger partial charge in [-0.25, -0.2) is 0 Å². The summed E-state index contributed by atoms with van der Waals surface area (Å²) in [7, 11) is 3.94. The van der Waals surface area contributed by atoms with Crippen LogP contribution >= 0.6 is 11.6 Å². The number of anilines is 3. The highest BCUT2D eigenvalue weighted by atomic mass is 35.5. The van der Waals surface area contributed by atoms with Crippen LogP contribution in [0.1, 0.15) is 31.7 Å². The van der Waals surface area contributed by atoms with E-state index in [4.69, 9.17) is 30.5 Å². The maximum Gasteiger partial charge on any atom is 0.224 e. The summed E-state index contributed by atoms with van der Waals surface area (Å²) in [6.45, 7) is 4.64. The Morgan fingerprint density at radius 1 is 1.18 bits per heavy atom. The minimum Gasteiger partial charge on any atom is -0.492 e. The molecule has 1 aromatic heterocycles. The average molecular weight is 621 g/mol. The van der Waals surface area contributed by atoms with E-state index in [0.29, 0.717) is 82.9 Å². The summed E-state index contributed by atoms with van der Waals surface area (Å²) in [6, 6.07) is 11.1. The van der Waals surface area contributed by atoms with Crippen LogP contribution in [0.25, 0.3) is 10.9 Å². The first kappa shape index (κ1) is 31.5. The van der Waals surface area contributed by atoms with Crippen LogP contribution in [0.5, 0.6) is 11.5 Å². The second kappa shape index (κ2) is 14.7. The summed E-state index contributed by atoms with van der Waals surface area (Å²) in [5.74, 6) is 1.01. The zero-order valence-corrected chi connectivity index (χ0v) is 25.9. The van der Waals surface area contributed by atoms with E-state index in [-0.39, 0.29) is 24.2 Å². The summed E-state index contributed by atoms with van der Waals surface area (Å²) in [6.07, 6.45) is 4.94. The molecule has 3 unspecified atom stereocenters. The molecule has 11 nitrogen and oxygen atoms in total. The average Bonchev–Trinajstić information content (AvgIpc) is 3.01. The Labute approximate surface area is 262 Å². The molecule has 2 aliphatic rings. The number of carbonyl (C=O) groups excluding carboxylic acids is 1. The normalized spacial score (nSPS) is 19.3. The Morgan fingerprint density at radius 3 is 2.80 bits per heavy atom. The van der Waals surface area contributed by atoms with Gasteiger partial charge in [0.25, 0.3) is 0 Å². The van der Waals surface area contributed by atoms with Gasteiger partial charge in [-0.2, -0.15) is 5.26 Å². The second-order valence-corrected chi connectivity index (χ2v) is 11.4. The number of carbonyl (C=O) groups is 1. The van der Waals surface area contributed by atoms with Crippen LogP contribution in [0, 0.1) is 17.2 Å². The molecule has 3 atom stereocenters. The predicted octanol–water partition coefficient (Wildman–Crippen LogP) is 5.39. The molecule has 0 spiro atoms. The third kappa shape index (κ3) is 7.76. The van der Waals surface area contributed by atoms with Crippen molar-refractivity contribution in [2.45, 2.75) is 38.5 Å². The maximum absolute atomic E-state index is 12.8. The largest absolute Gasteiger partial charge is 0.492 e. The van der Waals surface area contributed by atoms with Crippen molar-refractivity contribution in [2.75, 3.05) is 57.7 Å². The minimum atomic E-state index is -0.234. The van der Waals surface area contributed by atoms with Gasteiger partial charge in [-0.1, -0.05) is 11.6 Å². The Hall–Kier alpha value is -3.95. The lowest BCUT2D eigenvalue weighted by atomic mass is 9.99. The molecule has 12 heteroatoms. The van der Waals surface area contributed by atoms with Gasteiger partial charge in [-0.15, -0.1) is 0 Å². The number of halogens is 1. The molecule has 1 amide bonds. The number of pyridine rings is 1. The maximum atomic E-state index is 12.8. The molecular formula is C32H37ClN6O5. The van der Waals surface area contributed by atoms with Gasteiger partial charge >= 0.3 is 0 Å². The lowest BCUT2D eigenvalue weighted by Gasteiger charge is -2.34. The molecule has 0 bridgehead atoms. The molecule has 3 heterocycles. The van der Waals surface area contributed by atoms with Crippen LogP contribution in [-0.4, -0.2) is 81.4 Å². The highest BCUT2D eigenvalue weighted by molar-refractivity contribution is 6.32. The summed E-state index contributed by atoms with van der Waals surface area (Å²) in [4.78, 5) is 23.7. The Bertz CT molecular complexity index is 1560. The second-order valence-electron chi connectivity index (χ2n) is 11.0. The van der Waals surface area contributed by atoms with Crippen LogP contribution in [-0.2, 0) is 14.3 Å². The predicted molar refractivity (Wildman–Crippen MR) is 170 cm³/mol. The van der Waals surface area contributed by atoms with Gasteiger partial charge in [0.1, 0.15) is 23.7 Å². The van der Waals surface area contributed by atoms with Crippen molar-refractivity contribution < 1.29 is 23.7 Å². The van der Waals surface area contributed by atoms with Crippen molar-refractivity contribution in [3.8, 4) is 17.6 Å². The van der Waals surface area contributed by atoms with Gasteiger partial charge in [-0.3, -0.25) is 14.8 Å². The number of aromatic nitrogens is 1. The molecule has 0 aliphatic carbocycles. The van der Waals surface area contributed by atoms with Gasteiger partial charge < -0.3 is 34.5 Å². The fraction of sp³-hybridized carbons (Fsp3) is 0.438. The van der Waals surface area contributed by atoms with Crippen molar-refractivity contribution in [3.63, 3.8) is 0 Å². The number of nitrogens with zero attached hydrogens (tertiary/aromatic N) is 4. The number of nitriles is 1. The van der Waals surface area contributed by atoms with Crippen LogP contribution in [0.15, 0.2) is 41.5 Å². The zero-order valence-electron chi connectivity index (χ0n) is 25.1. The van der Waals surface area contributed by atoms with Crippen molar-refractivity contribution in [1.29, 1.82) is 5.26 Å². The van der Waals surface area contributed by atoms with Crippen LogP contribution in [0.3, 0.4) is 0 Å². The number of amides is 1. The monoisotopic (exact) mass is 620 g/mol. The molecule has 1 fully saturated rings. The number of fused-ring (bicyclic) bond motifs is 2. The third-order valence-electron chi connectivity index (χ3n) is 7.33. The molecular weight excluding hydrogens is 584 g/mol. The Morgan fingerprint density at radius 2 is 2.02 bits per heavy atom. The van der Waals surface area contributed by atoms with E-state index in [9.17, 15) is 10.1 Å². The standard InChI is InChI=1S/C32H37ClN6O5/c1-4-41-28-15-25-23(14-26(28)38-30(40)6-5-9-39(2)3)31(21(16-34)18-35-25)37-22-7-8-27(24(33)13-22)44-19-20-12-29-32(36-17-20)43-11-10-42-29/h7-8,13-15,17-18,20,29,32H,4-6,9-12,19H2,1-3H3,(H,35,37)(H,38,40). The first-order valence-corrected chi connectivity index (χ1v) is 15.1. The summed E-state index contributed by atoms with van der Waals surface area (Å²) in [5.41, 5.74) is 2.65. The first-order chi connectivity index (χ1) is 21.3. The number of benzene rings is 2. The molecule has 0 saturated carbocycles. The highest BCUT2D eigenvalue weighted by Gasteiger charge is 2.32. The molecule has 2 aromatic carbocycles. The van der Waals surface area contributed by atoms with E-state index < -0.39 is 0 Å². The van der Waals surface area contributed by atoms with Crippen molar-refractivity contribution in [2.24, 2.45) is 10.9 Å². The summed E-state index contributed by atoms with van der Waals surface area (Å²) >= 11 is 6.63. The number of hydrogen-bond acceptors (Lipinski definition) is 10. The van der Waals surface area contributed by atoms with Gasteiger partial charge in [0.05, 0.1) is 53.9 Å². The zero-order chi connectivity index (χ0) is 31.1. The highest BCUT2D eigenvalue weighted by Crippen LogP contribution is 2.37. The molecule has 232 valence electrons. The fourth-order valence-electron chi connectivity index (χ4n) is 5.18. The Kier molecular flexibility index (Phi) is 10.5. The Balaban J connectivity index is 1.34. The minimum absolute atomic E-state index is 0.0598. The SMILES string of the molecule is CCOc1cc2ncc(C#N)c(Nc3ccc(OCC4C=NC5OCCOC5C4)c(Cl)c3)c2cc1NC(=O)CCCN(C)C. The molecule has 3 aromatic rings. The van der Waals surface area contributed by atoms with Gasteiger partial charge in [0.15, 0.2) is 6.23 Å². The van der Waals surface area contributed by atoms with Crippen LogP contribution in [0.2, 0.25) is 5.02 Å². The van der Waals surface area contributed by atoms with Gasteiger partial charge in [0, 0.05) is 41.9 Å². The van der Waals surface area contributed by atoms with E-state index >= 15 is 0 Å². The van der Waals surface area contributed by atoms with E-state index in [0.717, 1.165) is 19.4 Å². The van der Waals surface area contributed by atoms with E-state index in [1.807, 2.05) is 38.2 Å². The van der Waals surface area contributed by atoms with Gasteiger partial charge in [0.2, 0.25) is 5.91 Å². The first-order valence-electron chi connectivity index (χ1n) is 14.7. The topological polar surface area (TPSA) is 130 Å². The lowest BCUT2D eigenvalue weighted by molar-refractivity contribution is -0.144. The molecule has 2 N–H and O–H groups in total. The number of aliphatic imine (C=N–C) groups is 1. The van der Waals surface area contributed by atoms with Crippen molar-refractivity contribution >= 4 is 51.7 Å². The van der Waals surface area contributed by atoms with Crippen molar-refractivity contribution in [1.82, 2.24) is 9.88 Å². The quantitative estimate of drug-likeness (QED) is 0.273. The summed E-state index contributed by atoms with van der Waals surface area (Å²) in [5, 5.41) is 17.3. The van der Waals surface area contributed by atoms with Crippen LogP contribution < -0.4 is 20.1 Å². The lowest BCUT2D eigenvalue weighted by Crippen LogP contribution is -2.42. The van der Waals surface area contributed by atoms with Crippen molar-refractivity contribution in [3.05, 3.63) is 47.1 Å². The molecule has 0 radical (unpaired) electrons. The van der Waals surface area contributed by atoms with E-state index in [1.165, 1.54) is 6.20 Å². The fourth-order valence-corrected chi connectivity index (χ4v) is 5.41. The van der Waals surface area contributed by atoms with E-state index in [2.05, 4.69) is 26.7 Å². The smallest absolute Gasteiger partial charge is 0.224 e. The van der Waals surface area contributed by atoms with Gasteiger partial charge in [-0.05, 0) is 64.7 Å². The molecule has 1 saturated heterocycles. The number of ether oxygens (including phenoxy) is 4. The summed E-state index contributed by atoms with van der Waals surface area (Å²) < 4.78 is 23.3. The molecule has 5 rings (SSSR count). The van der Waals surface area contributed by atoms with E-state index in [1.54, 1.807) is 24.3 Å². The molecule has 44 heavy (non-hydrogen) atoms. The number of nitrogens with one attached hydrogen (secondary N) is 2. The number of rotatable bonds is 12.